The Morgan fingerprint density at radius 2 is 1.79 bits per heavy atom. The van der Waals surface area contributed by atoms with Gasteiger partial charge in [0, 0.05) is 16.5 Å². The first-order valence-corrected chi connectivity index (χ1v) is 6.84. The van der Waals surface area contributed by atoms with Crippen molar-refractivity contribution in [3.05, 3.63) is 29.8 Å². The van der Waals surface area contributed by atoms with Gasteiger partial charge in [-0.1, -0.05) is 12.8 Å². The van der Waals surface area contributed by atoms with Crippen molar-refractivity contribution in [2.75, 3.05) is 6.54 Å². The van der Waals surface area contributed by atoms with E-state index >= 15 is 0 Å². The molecule has 102 valence electrons. The molecule has 0 saturated heterocycles. The molecule has 0 aromatic heterocycles. The molecule has 0 atom stereocenters. The van der Waals surface area contributed by atoms with Crippen LogP contribution in [0.3, 0.4) is 0 Å². The largest absolute Gasteiger partial charge is 0.480 e. The third-order valence-electron chi connectivity index (χ3n) is 3.45. The summed E-state index contributed by atoms with van der Waals surface area (Å²) in [6.45, 7) is -0.230. The van der Waals surface area contributed by atoms with Crippen molar-refractivity contribution in [1.29, 1.82) is 0 Å². The van der Waals surface area contributed by atoms with Crippen LogP contribution in [0.1, 0.15) is 36.0 Å². The standard InChI is InChI=1S/C14H17NO3S/c16-13(17)9-15(11-3-1-2-4-11)14(18)10-5-7-12(19)8-6-10/h5-8,11,19H,1-4,9H2,(H,16,17). The monoisotopic (exact) mass is 279 g/mol. The van der Waals surface area contributed by atoms with Crippen molar-refractivity contribution in [1.82, 2.24) is 4.90 Å². The molecule has 1 saturated carbocycles. The minimum absolute atomic E-state index is 0.0549. The molecular weight excluding hydrogens is 262 g/mol. The lowest BCUT2D eigenvalue weighted by molar-refractivity contribution is -0.138. The number of thiol groups is 1. The van der Waals surface area contributed by atoms with E-state index in [1.54, 1.807) is 24.3 Å². The number of carboxylic acids is 1. The van der Waals surface area contributed by atoms with Gasteiger partial charge in [0.25, 0.3) is 5.91 Å². The van der Waals surface area contributed by atoms with Crippen LogP contribution in [-0.4, -0.2) is 34.5 Å². The fourth-order valence-corrected chi connectivity index (χ4v) is 2.65. The van der Waals surface area contributed by atoms with Crippen molar-refractivity contribution in [2.45, 2.75) is 36.6 Å². The normalized spacial score (nSPS) is 15.4. The second-order valence-corrected chi connectivity index (χ2v) is 5.33. The van der Waals surface area contributed by atoms with Gasteiger partial charge in [0.1, 0.15) is 6.54 Å². The molecule has 1 amide bonds. The maximum atomic E-state index is 12.4. The van der Waals surface area contributed by atoms with Crippen molar-refractivity contribution in [2.24, 2.45) is 0 Å². The number of nitrogens with zero attached hydrogens (tertiary/aromatic N) is 1. The molecule has 1 fully saturated rings. The second kappa shape index (κ2) is 6.10. The van der Waals surface area contributed by atoms with Gasteiger partial charge in [-0.15, -0.1) is 12.6 Å². The lowest BCUT2D eigenvalue weighted by atomic mass is 10.1. The van der Waals surface area contributed by atoms with Gasteiger partial charge in [0.05, 0.1) is 0 Å². The van der Waals surface area contributed by atoms with Crippen molar-refractivity contribution >= 4 is 24.5 Å². The van der Waals surface area contributed by atoms with Crippen LogP contribution >= 0.6 is 12.6 Å². The summed E-state index contributed by atoms with van der Waals surface area (Å²) < 4.78 is 0. The van der Waals surface area contributed by atoms with Crippen LogP contribution in [0.15, 0.2) is 29.2 Å². The number of carbonyl (C=O) groups is 2. The van der Waals surface area contributed by atoms with Gasteiger partial charge in [0.15, 0.2) is 0 Å². The molecule has 0 bridgehead atoms. The topological polar surface area (TPSA) is 57.6 Å². The third-order valence-corrected chi connectivity index (χ3v) is 3.74. The van der Waals surface area contributed by atoms with Crippen molar-refractivity contribution < 1.29 is 14.7 Å². The molecule has 4 nitrogen and oxygen atoms in total. The summed E-state index contributed by atoms with van der Waals surface area (Å²) in [5.41, 5.74) is 0.519. The predicted octanol–water partition coefficient (Wildman–Crippen LogP) is 2.44. The van der Waals surface area contributed by atoms with Crippen LogP contribution in [0.5, 0.6) is 0 Å². The zero-order valence-electron chi connectivity index (χ0n) is 10.6. The number of rotatable bonds is 4. The highest BCUT2D eigenvalue weighted by Crippen LogP contribution is 2.25. The van der Waals surface area contributed by atoms with E-state index in [1.807, 2.05) is 0 Å². The molecule has 1 N–H and O–H groups in total. The molecule has 2 rings (SSSR count). The SMILES string of the molecule is O=C(O)CN(C(=O)c1ccc(S)cc1)C1CCCC1. The zero-order chi connectivity index (χ0) is 13.8. The molecule has 0 heterocycles. The number of benzene rings is 1. The molecular formula is C14H17NO3S. The van der Waals surface area contributed by atoms with Crippen LogP contribution < -0.4 is 0 Å². The minimum Gasteiger partial charge on any atom is -0.480 e. The summed E-state index contributed by atoms with van der Waals surface area (Å²) in [4.78, 5) is 25.6. The molecule has 19 heavy (non-hydrogen) atoms. The predicted molar refractivity (Wildman–Crippen MR) is 74.6 cm³/mol. The highest BCUT2D eigenvalue weighted by molar-refractivity contribution is 7.80. The molecule has 0 unspecified atom stereocenters. The Kier molecular flexibility index (Phi) is 4.47. The molecule has 1 aliphatic carbocycles. The second-order valence-electron chi connectivity index (χ2n) is 4.81. The fraction of sp³-hybridized carbons (Fsp3) is 0.429. The van der Waals surface area contributed by atoms with Crippen LogP contribution in [0.2, 0.25) is 0 Å². The summed E-state index contributed by atoms with van der Waals surface area (Å²) in [7, 11) is 0. The maximum absolute atomic E-state index is 12.4. The van der Waals surface area contributed by atoms with Crippen molar-refractivity contribution in [3.63, 3.8) is 0 Å². The van der Waals surface area contributed by atoms with E-state index in [0.717, 1.165) is 30.6 Å². The summed E-state index contributed by atoms with van der Waals surface area (Å²) in [6.07, 6.45) is 3.90. The quantitative estimate of drug-likeness (QED) is 0.832. The van der Waals surface area contributed by atoms with E-state index in [2.05, 4.69) is 12.6 Å². The van der Waals surface area contributed by atoms with Crippen molar-refractivity contribution in [3.8, 4) is 0 Å². The smallest absolute Gasteiger partial charge is 0.323 e. The Morgan fingerprint density at radius 3 is 2.32 bits per heavy atom. The van der Waals surface area contributed by atoms with E-state index in [1.165, 1.54) is 4.90 Å². The van der Waals surface area contributed by atoms with E-state index < -0.39 is 5.97 Å². The first-order valence-electron chi connectivity index (χ1n) is 6.39. The Labute approximate surface area is 117 Å². The molecule has 0 radical (unpaired) electrons. The van der Waals surface area contributed by atoms with Crippen LogP contribution in [-0.2, 0) is 4.79 Å². The minimum atomic E-state index is -0.967. The Hall–Kier alpha value is -1.49. The number of hydrogen-bond acceptors (Lipinski definition) is 3. The van der Waals surface area contributed by atoms with E-state index in [-0.39, 0.29) is 18.5 Å². The highest BCUT2D eigenvalue weighted by Gasteiger charge is 2.28. The summed E-state index contributed by atoms with van der Waals surface area (Å²) in [6, 6.07) is 6.91. The fourth-order valence-electron chi connectivity index (χ4n) is 2.50. The molecule has 0 aliphatic heterocycles. The number of aliphatic carboxylic acids is 1. The maximum Gasteiger partial charge on any atom is 0.323 e. The molecule has 5 heteroatoms. The van der Waals surface area contributed by atoms with Gasteiger partial charge in [0.2, 0.25) is 0 Å². The first kappa shape index (κ1) is 13.9. The Balaban J connectivity index is 2.18. The summed E-state index contributed by atoms with van der Waals surface area (Å²) in [5.74, 6) is -1.17. The van der Waals surface area contributed by atoms with Gasteiger partial charge in [-0.05, 0) is 37.1 Å². The van der Waals surface area contributed by atoms with Gasteiger partial charge in [-0.2, -0.15) is 0 Å². The average Bonchev–Trinajstić information content (AvgIpc) is 2.89. The molecule has 0 spiro atoms. The van der Waals surface area contributed by atoms with E-state index in [9.17, 15) is 9.59 Å². The molecule has 1 aliphatic rings. The number of carboxylic acid groups (broad SMARTS) is 1. The van der Waals surface area contributed by atoms with Gasteiger partial charge in [-0.3, -0.25) is 9.59 Å². The van der Waals surface area contributed by atoms with E-state index in [4.69, 9.17) is 5.11 Å². The molecule has 1 aromatic rings. The Morgan fingerprint density at radius 1 is 1.21 bits per heavy atom. The number of hydrogen-bond donors (Lipinski definition) is 2. The molecule has 1 aromatic carbocycles. The van der Waals surface area contributed by atoms with Crippen LogP contribution in [0, 0.1) is 0 Å². The van der Waals surface area contributed by atoms with Gasteiger partial charge >= 0.3 is 5.97 Å². The lowest BCUT2D eigenvalue weighted by Crippen LogP contribution is -2.42. The van der Waals surface area contributed by atoms with Crippen LogP contribution in [0.4, 0.5) is 0 Å². The first-order chi connectivity index (χ1) is 9.08. The van der Waals surface area contributed by atoms with Gasteiger partial charge in [-0.25, -0.2) is 0 Å². The summed E-state index contributed by atoms with van der Waals surface area (Å²) >= 11 is 4.18. The van der Waals surface area contributed by atoms with Crippen LogP contribution in [0.25, 0.3) is 0 Å². The highest BCUT2D eigenvalue weighted by atomic mass is 32.1. The summed E-state index contributed by atoms with van der Waals surface area (Å²) in [5, 5.41) is 8.98. The van der Waals surface area contributed by atoms with E-state index in [0.29, 0.717) is 5.56 Å². The van der Waals surface area contributed by atoms with Gasteiger partial charge < -0.3 is 10.0 Å². The lowest BCUT2D eigenvalue weighted by Gasteiger charge is -2.27. The zero-order valence-corrected chi connectivity index (χ0v) is 11.5. The third kappa shape index (κ3) is 3.50. The Bertz CT molecular complexity index is 466. The number of carbonyl (C=O) groups excluding carboxylic acids is 1. The average molecular weight is 279 g/mol. The number of amides is 1.